The topological polar surface area (TPSA) is 58.7 Å². The van der Waals surface area contributed by atoms with Gasteiger partial charge in [0.2, 0.25) is 0 Å². The van der Waals surface area contributed by atoms with Crippen LogP contribution in [0.2, 0.25) is 0 Å². The van der Waals surface area contributed by atoms with Gasteiger partial charge in [0, 0.05) is 19.1 Å². The zero-order valence-electron chi connectivity index (χ0n) is 14.1. The molecule has 0 aliphatic carbocycles. The van der Waals surface area contributed by atoms with Gasteiger partial charge in [-0.3, -0.25) is 4.90 Å². The van der Waals surface area contributed by atoms with Crippen molar-refractivity contribution in [2.75, 3.05) is 26.7 Å². The van der Waals surface area contributed by atoms with Crippen LogP contribution in [0.25, 0.3) is 0 Å². The fourth-order valence-corrected chi connectivity index (χ4v) is 2.68. The van der Waals surface area contributed by atoms with Crippen LogP contribution in [0.4, 0.5) is 0 Å². The van der Waals surface area contributed by atoms with E-state index >= 15 is 0 Å². The molecule has 23 heavy (non-hydrogen) atoms. The van der Waals surface area contributed by atoms with Crippen LogP contribution in [0.1, 0.15) is 22.7 Å². The Hall–Kier alpha value is -1.88. The Bertz CT molecular complexity index is 626. The smallest absolute Gasteiger partial charge is 0.130 e. The second kappa shape index (κ2) is 8.11. The summed E-state index contributed by atoms with van der Waals surface area (Å²) in [5, 5.41) is 9.08. The maximum Gasteiger partial charge on any atom is 0.130 e. The van der Waals surface area contributed by atoms with E-state index in [9.17, 15) is 0 Å². The monoisotopic (exact) mass is 314 g/mol. The molecule has 1 unspecified atom stereocenters. The van der Waals surface area contributed by atoms with E-state index < -0.39 is 0 Å². The fraction of sp³-hybridized carbons (Fsp3) is 0.368. The number of hydrogen-bond donors (Lipinski definition) is 2. The Kier molecular flexibility index (Phi) is 6.16. The molecule has 0 fully saturated rings. The van der Waals surface area contributed by atoms with Crippen LogP contribution < -0.4 is 10.5 Å². The van der Waals surface area contributed by atoms with Crippen LogP contribution in [-0.4, -0.2) is 36.8 Å². The molecule has 0 spiro atoms. The second-order valence-electron chi connectivity index (χ2n) is 5.90. The molecule has 2 rings (SSSR count). The molecule has 2 aromatic rings. The van der Waals surface area contributed by atoms with E-state index in [1.165, 1.54) is 5.56 Å². The molecule has 0 aromatic heterocycles. The Balaban J connectivity index is 2.12. The van der Waals surface area contributed by atoms with Crippen molar-refractivity contribution >= 4 is 0 Å². The van der Waals surface area contributed by atoms with Crippen molar-refractivity contribution in [3.8, 4) is 11.5 Å². The molecule has 1 atom stereocenters. The summed E-state index contributed by atoms with van der Waals surface area (Å²) in [6, 6.07) is 14.2. The van der Waals surface area contributed by atoms with Crippen molar-refractivity contribution in [2.24, 2.45) is 5.73 Å². The van der Waals surface area contributed by atoms with E-state index in [2.05, 4.69) is 17.9 Å². The average Bonchev–Trinajstić information content (AvgIpc) is 2.52. The summed E-state index contributed by atoms with van der Waals surface area (Å²) in [5.41, 5.74) is 9.35. The van der Waals surface area contributed by atoms with Gasteiger partial charge in [0.15, 0.2) is 0 Å². The number of nitrogens with two attached hydrogens (primary N) is 1. The lowest BCUT2D eigenvalue weighted by molar-refractivity contribution is 0.183. The first-order chi connectivity index (χ1) is 11.0. The van der Waals surface area contributed by atoms with Crippen molar-refractivity contribution < 1.29 is 9.84 Å². The van der Waals surface area contributed by atoms with Crippen molar-refractivity contribution in [1.82, 2.24) is 4.90 Å². The number of nitrogens with zero attached hydrogens (tertiary/aromatic N) is 1. The number of benzene rings is 2. The third kappa shape index (κ3) is 4.55. The molecule has 0 aliphatic heterocycles. The number of rotatable bonds is 7. The number of ether oxygens (including phenoxy) is 1. The fourth-order valence-electron chi connectivity index (χ4n) is 2.68. The number of aryl methyl sites for hydroxylation is 2. The zero-order chi connectivity index (χ0) is 16.8. The highest BCUT2D eigenvalue weighted by Crippen LogP contribution is 2.27. The van der Waals surface area contributed by atoms with E-state index in [0.717, 1.165) is 22.6 Å². The van der Waals surface area contributed by atoms with Gasteiger partial charge in [-0.25, -0.2) is 0 Å². The third-order valence-corrected chi connectivity index (χ3v) is 4.03. The number of hydrogen-bond acceptors (Lipinski definition) is 4. The summed E-state index contributed by atoms with van der Waals surface area (Å²) < 4.78 is 5.96. The van der Waals surface area contributed by atoms with Crippen molar-refractivity contribution in [3.63, 3.8) is 0 Å². The maximum atomic E-state index is 9.08. The van der Waals surface area contributed by atoms with E-state index in [4.69, 9.17) is 15.6 Å². The molecule has 2 aromatic carbocycles. The number of likely N-dealkylation sites (N-methyl/N-ethyl adjacent to an activating group) is 1. The quantitative estimate of drug-likeness (QED) is 0.825. The van der Waals surface area contributed by atoms with E-state index in [1.807, 2.05) is 50.4 Å². The van der Waals surface area contributed by atoms with Gasteiger partial charge in [0.1, 0.15) is 11.5 Å². The second-order valence-corrected chi connectivity index (χ2v) is 5.90. The molecular formula is C19H26N2O2. The molecule has 0 amide bonds. The van der Waals surface area contributed by atoms with Gasteiger partial charge in [-0.1, -0.05) is 29.8 Å². The number of aliphatic hydroxyl groups excluding tert-OH is 1. The Morgan fingerprint density at radius 2 is 1.83 bits per heavy atom. The summed E-state index contributed by atoms with van der Waals surface area (Å²) >= 11 is 0. The maximum absolute atomic E-state index is 9.08. The lowest BCUT2D eigenvalue weighted by atomic mass is 10.1. The van der Waals surface area contributed by atoms with Gasteiger partial charge in [-0.05, 0) is 50.2 Å². The standard InChI is InChI=1S/C19H26N2O2/c1-14-4-9-19(15(2)12-14)23-17-7-5-16(6-8-17)18(13-20)21(3)10-11-22/h4-9,12,18,22H,10-11,13,20H2,1-3H3. The SMILES string of the molecule is Cc1ccc(Oc2ccc(C(CN)N(C)CCO)cc2)c(C)c1. The lowest BCUT2D eigenvalue weighted by Crippen LogP contribution is -2.32. The highest BCUT2D eigenvalue weighted by molar-refractivity contribution is 5.40. The van der Waals surface area contributed by atoms with Gasteiger partial charge in [0.25, 0.3) is 0 Å². The predicted octanol–water partition coefficient (Wildman–Crippen LogP) is 3.02. The van der Waals surface area contributed by atoms with E-state index in [1.54, 1.807) is 0 Å². The van der Waals surface area contributed by atoms with Gasteiger partial charge in [-0.15, -0.1) is 0 Å². The molecule has 0 heterocycles. The summed E-state index contributed by atoms with van der Waals surface area (Å²) in [6.07, 6.45) is 0. The zero-order valence-corrected chi connectivity index (χ0v) is 14.1. The normalized spacial score (nSPS) is 12.4. The highest BCUT2D eigenvalue weighted by atomic mass is 16.5. The Morgan fingerprint density at radius 1 is 1.13 bits per heavy atom. The van der Waals surface area contributed by atoms with Crippen molar-refractivity contribution in [1.29, 1.82) is 0 Å². The minimum atomic E-state index is 0.0947. The van der Waals surface area contributed by atoms with E-state index in [-0.39, 0.29) is 12.6 Å². The summed E-state index contributed by atoms with van der Waals surface area (Å²) in [6.45, 7) is 5.35. The van der Waals surface area contributed by atoms with Crippen molar-refractivity contribution in [3.05, 3.63) is 59.2 Å². The molecule has 124 valence electrons. The predicted molar refractivity (Wildman–Crippen MR) is 93.9 cm³/mol. The van der Waals surface area contributed by atoms with E-state index in [0.29, 0.717) is 13.1 Å². The minimum absolute atomic E-state index is 0.0947. The Morgan fingerprint density at radius 3 is 2.39 bits per heavy atom. The van der Waals surface area contributed by atoms with Crippen molar-refractivity contribution in [2.45, 2.75) is 19.9 Å². The first kappa shape index (κ1) is 17.5. The number of aliphatic hydroxyl groups is 1. The van der Waals surface area contributed by atoms with Gasteiger partial charge in [0.05, 0.1) is 6.61 Å². The summed E-state index contributed by atoms with van der Waals surface area (Å²) in [7, 11) is 1.97. The molecule has 4 nitrogen and oxygen atoms in total. The van der Waals surface area contributed by atoms with Crippen LogP contribution in [0, 0.1) is 13.8 Å². The lowest BCUT2D eigenvalue weighted by Gasteiger charge is -2.26. The first-order valence-corrected chi connectivity index (χ1v) is 7.91. The average molecular weight is 314 g/mol. The van der Waals surface area contributed by atoms with Gasteiger partial charge < -0.3 is 15.6 Å². The highest BCUT2D eigenvalue weighted by Gasteiger charge is 2.15. The molecule has 0 aliphatic rings. The Labute approximate surface area is 138 Å². The van der Waals surface area contributed by atoms with Crippen LogP contribution in [0.5, 0.6) is 11.5 Å². The first-order valence-electron chi connectivity index (χ1n) is 7.91. The molecular weight excluding hydrogens is 288 g/mol. The molecule has 0 radical (unpaired) electrons. The molecule has 0 saturated carbocycles. The van der Waals surface area contributed by atoms with Crippen LogP contribution >= 0.6 is 0 Å². The van der Waals surface area contributed by atoms with Gasteiger partial charge in [-0.2, -0.15) is 0 Å². The minimum Gasteiger partial charge on any atom is -0.457 e. The molecule has 4 heteroatoms. The van der Waals surface area contributed by atoms with Crippen LogP contribution in [0.15, 0.2) is 42.5 Å². The van der Waals surface area contributed by atoms with Crippen LogP contribution in [-0.2, 0) is 0 Å². The molecule has 0 saturated heterocycles. The van der Waals surface area contributed by atoms with Crippen LogP contribution in [0.3, 0.4) is 0 Å². The summed E-state index contributed by atoms with van der Waals surface area (Å²) in [4.78, 5) is 2.06. The molecule has 3 N–H and O–H groups in total. The largest absolute Gasteiger partial charge is 0.457 e. The molecule has 0 bridgehead atoms. The summed E-state index contributed by atoms with van der Waals surface area (Å²) in [5.74, 6) is 1.68. The third-order valence-electron chi connectivity index (χ3n) is 4.03. The van der Waals surface area contributed by atoms with Gasteiger partial charge >= 0.3 is 0 Å².